The smallest absolute Gasteiger partial charge is 0.389 e. The summed E-state index contributed by atoms with van der Waals surface area (Å²) in [5.41, 5.74) is -1.27. The van der Waals surface area contributed by atoms with Crippen molar-refractivity contribution in [2.24, 2.45) is 0 Å². The molecule has 0 radical (unpaired) electrons. The first kappa shape index (κ1) is 14.5. The fourth-order valence-electron chi connectivity index (χ4n) is 1.09. The van der Waals surface area contributed by atoms with Gasteiger partial charge in [0.1, 0.15) is 6.10 Å². The first-order valence-electron chi connectivity index (χ1n) is 4.42. The average molecular weight is 290 g/mol. The Bertz CT molecular complexity index is 400. The number of aliphatic hydroxyl groups excluding tert-OH is 2. The zero-order valence-electron chi connectivity index (χ0n) is 8.25. The van der Waals surface area contributed by atoms with Crippen LogP contribution in [0.15, 0.2) is 12.3 Å². The van der Waals surface area contributed by atoms with E-state index < -0.39 is 23.9 Å². The van der Waals surface area contributed by atoms with Crippen LogP contribution >= 0.6 is 23.2 Å². The summed E-state index contributed by atoms with van der Waals surface area (Å²) in [5, 5.41) is 18.4. The summed E-state index contributed by atoms with van der Waals surface area (Å²) in [6, 6.07) is 0.633. The highest BCUT2D eigenvalue weighted by Crippen LogP contribution is 2.33. The number of nitrogens with zero attached hydrogens (tertiary/aromatic N) is 1. The predicted octanol–water partition coefficient (Wildman–Crippen LogP) is 2.39. The van der Waals surface area contributed by atoms with Gasteiger partial charge in [-0.1, -0.05) is 11.6 Å². The average Bonchev–Trinajstić information content (AvgIpc) is 2.25. The van der Waals surface area contributed by atoms with Gasteiger partial charge in [0.2, 0.25) is 0 Å². The standard InChI is InChI=1S/C9H8Cl2F3NO2/c10-2-6(16)8(17)7-5(11)1-4(3-15-7)9(12,13)14/h1,3,6,8,16-17H,2H2. The summed E-state index contributed by atoms with van der Waals surface area (Å²) in [7, 11) is 0. The lowest BCUT2D eigenvalue weighted by molar-refractivity contribution is -0.137. The zero-order valence-corrected chi connectivity index (χ0v) is 9.76. The van der Waals surface area contributed by atoms with E-state index in [-0.39, 0.29) is 16.6 Å². The van der Waals surface area contributed by atoms with E-state index in [4.69, 9.17) is 23.2 Å². The Kier molecular flexibility index (Phi) is 4.60. The number of hydrogen-bond donors (Lipinski definition) is 2. The molecule has 0 saturated carbocycles. The van der Waals surface area contributed by atoms with Crippen molar-refractivity contribution in [3.8, 4) is 0 Å². The van der Waals surface area contributed by atoms with Crippen molar-refractivity contribution in [2.45, 2.75) is 18.4 Å². The Balaban J connectivity index is 3.06. The monoisotopic (exact) mass is 289 g/mol. The number of pyridine rings is 1. The molecule has 0 spiro atoms. The SMILES string of the molecule is OC(CCl)C(O)c1ncc(C(F)(F)F)cc1Cl. The van der Waals surface area contributed by atoms with Gasteiger partial charge in [0.05, 0.1) is 28.3 Å². The maximum atomic E-state index is 12.3. The Hall–Kier alpha value is -0.560. The molecule has 96 valence electrons. The molecule has 0 bridgehead atoms. The molecule has 0 saturated heterocycles. The van der Waals surface area contributed by atoms with Crippen LogP contribution in [0.5, 0.6) is 0 Å². The minimum absolute atomic E-state index is 0.243. The van der Waals surface area contributed by atoms with E-state index in [0.29, 0.717) is 12.3 Å². The van der Waals surface area contributed by atoms with Crippen molar-refractivity contribution in [2.75, 3.05) is 5.88 Å². The molecule has 0 fully saturated rings. The minimum atomic E-state index is -4.56. The second-order valence-electron chi connectivity index (χ2n) is 3.26. The highest BCUT2D eigenvalue weighted by Gasteiger charge is 2.32. The van der Waals surface area contributed by atoms with Crippen LogP contribution in [0.4, 0.5) is 13.2 Å². The highest BCUT2D eigenvalue weighted by molar-refractivity contribution is 6.31. The lowest BCUT2D eigenvalue weighted by Crippen LogP contribution is -2.21. The summed E-state index contributed by atoms with van der Waals surface area (Å²) in [5.74, 6) is -0.291. The zero-order chi connectivity index (χ0) is 13.2. The first-order chi connectivity index (χ1) is 7.77. The lowest BCUT2D eigenvalue weighted by atomic mass is 10.1. The van der Waals surface area contributed by atoms with Crippen LogP contribution in [0.1, 0.15) is 17.4 Å². The van der Waals surface area contributed by atoms with Crippen molar-refractivity contribution in [3.05, 3.63) is 28.5 Å². The van der Waals surface area contributed by atoms with E-state index in [0.717, 1.165) is 0 Å². The van der Waals surface area contributed by atoms with Crippen LogP contribution in [-0.4, -0.2) is 27.2 Å². The molecule has 2 atom stereocenters. The Labute approximate surface area is 105 Å². The van der Waals surface area contributed by atoms with Crippen LogP contribution in [0.25, 0.3) is 0 Å². The summed E-state index contributed by atoms with van der Waals surface area (Å²) >= 11 is 10.8. The molecule has 0 aliphatic carbocycles. The fourth-order valence-corrected chi connectivity index (χ4v) is 1.53. The summed E-state index contributed by atoms with van der Waals surface area (Å²) in [4.78, 5) is 3.39. The molecule has 1 aromatic rings. The number of alkyl halides is 4. The van der Waals surface area contributed by atoms with Crippen LogP contribution in [0.3, 0.4) is 0 Å². The molecule has 1 aromatic heterocycles. The maximum Gasteiger partial charge on any atom is 0.417 e. The van der Waals surface area contributed by atoms with E-state index in [9.17, 15) is 23.4 Å². The van der Waals surface area contributed by atoms with Crippen LogP contribution in [-0.2, 0) is 6.18 Å². The van der Waals surface area contributed by atoms with E-state index in [1.165, 1.54) is 0 Å². The van der Waals surface area contributed by atoms with Gasteiger partial charge in [0.25, 0.3) is 0 Å². The van der Waals surface area contributed by atoms with Crippen LogP contribution in [0, 0.1) is 0 Å². The second kappa shape index (κ2) is 5.39. The quantitative estimate of drug-likeness (QED) is 0.840. The van der Waals surface area contributed by atoms with Crippen molar-refractivity contribution in [3.63, 3.8) is 0 Å². The number of aromatic nitrogens is 1. The molecule has 0 amide bonds. The van der Waals surface area contributed by atoms with Crippen molar-refractivity contribution in [1.29, 1.82) is 0 Å². The van der Waals surface area contributed by atoms with Gasteiger partial charge in [-0.3, -0.25) is 4.98 Å². The van der Waals surface area contributed by atoms with Gasteiger partial charge in [-0.15, -0.1) is 11.6 Å². The molecule has 1 rings (SSSR count). The lowest BCUT2D eigenvalue weighted by Gasteiger charge is -2.16. The van der Waals surface area contributed by atoms with Crippen molar-refractivity contribution in [1.82, 2.24) is 4.98 Å². The van der Waals surface area contributed by atoms with Gasteiger partial charge in [0.15, 0.2) is 0 Å². The number of hydrogen-bond acceptors (Lipinski definition) is 3. The fraction of sp³-hybridized carbons (Fsp3) is 0.444. The van der Waals surface area contributed by atoms with E-state index in [2.05, 4.69) is 4.98 Å². The van der Waals surface area contributed by atoms with Gasteiger partial charge in [-0.25, -0.2) is 0 Å². The molecule has 3 nitrogen and oxygen atoms in total. The van der Waals surface area contributed by atoms with E-state index >= 15 is 0 Å². The van der Waals surface area contributed by atoms with Gasteiger partial charge < -0.3 is 10.2 Å². The number of rotatable bonds is 3. The molecule has 0 aliphatic heterocycles. The molecule has 17 heavy (non-hydrogen) atoms. The molecule has 2 N–H and O–H groups in total. The van der Waals surface area contributed by atoms with Gasteiger partial charge >= 0.3 is 6.18 Å². The van der Waals surface area contributed by atoms with Gasteiger partial charge in [-0.2, -0.15) is 13.2 Å². The molecule has 0 aliphatic rings. The number of aliphatic hydroxyl groups is 2. The van der Waals surface area contributed by atoms with Gasteiger partial charge in [-0.05, 0) is 6.07 Å². The largest absolute Gasteiger partial charge is 0.417 e. The molecular formula is C9H8Cl2F3NO2. The Morgan fingerprint density at radius 1 is 1.35 bits per heavy atom. The molecular weight excluding hydrogens is 282 g/mol. The summed E-state index contributed by atoms with van der Waals surface area (Å²) in [6.07, 6.45) is -6.91. The van der Waals surface area contributed by atoms with Crippen LogP contribution in [0.2, 0.25) is 5.02 Å². The maximum absolute atomic E-state index is 12.3. The summed E-state index contributed by atoms with van der Waals surface area (Å²) < 4.78 is 36.9. The molecule has 0 aromatic carbocycles. The third-order valence-corrected chi connectivity index (χ3v) is 2.62. The molecule has 2 unspecified atom stereocenters. The predicted molar refractivity (Wildman–Crippen MR) is 55.9 cm³/mol. The molecule has 1 heterocycles. The third kappa shape index (κ3) is 3.45. The van der Waals surface area contributed by atoms with E-state index in [1.807, 2.05) is 0 Å². The normalized spacial score (nSPS) is 15.7. The van der Waals surface area contributed by atoms with Gasteiger partial charge in [0, 0.05) is 6.20 Å². The topological polar surface area (TPSA) is 53.4 Å². The van der Waals surface area contributed by atoms with Crippen LogP contribution < -0.4 is 0 Å². The van der Waals surface area contributed by atoms with Crippen molar-refractivity contribution >= 4 is 23.2 Å². The Morgan fingerprint density at radius 2 is 1.94 bits per heavy atom. The number of halogens is 5. The first-order valence-corrected chi connectivity index (χ1v) is 5.33. The second-order valence-corrected chi connectivity index (χ2v) is 3.97. The highest BCUT2D eigenvalue weighted by atomic mass is 35.5. The summed E-state index contributed by atoms with van der Waals surface area (Å²) in [6.45, 7) is 0. The third-order valence-electron chi connectivity index (χ3n) is 2.00. The minimum Gasteiger partial charge on any atom is -0.389 e. The Morgan fingerprint density at radius 3 is 2.35 bits per heavy atom. The van der Waals surface area contributed by atoms with Crippen molar-refractivity contribution < 1.29 is 23.4 Å². The molecule has 8 heteroatoms. The van der Waals surface area contributed by atoms with E-state index in [1.54, 1.807) is 0 Å².